The molecular weight excluding hydrogens is 178 g/mol. The van der Waals surface area contributed by atoms with Crippen LogP contribution in [0.5, 0.6) is 0 Å². The Morgan fingerprint density at radius 2 is 1.53 bits per heavy atom. The summed E-state index contributed by atoms with van der Waals surface area (Å²) in [6.45, 7) is 9.68. The molecule has 0 aliphatic heterocycles. The molecule has 0 aromatic heterocycles. The maximum absolute atomic E-state index is 2.51. The zero-order valence-electron chi connectivity index (χ0n) is 11.5. The molecule has 0 bridgehead atoms. The molecule has 0 aromatic rings. The van der Waals surface area contributed by atoms with Crippen molar-refractivity contribution < 1.29 is 0 Å². The maximum Gasteiger partial charge on any atom is 0.115 e. The predicted molar refractivity (Wildman–Crippen MR) is 74.9 cm³/mol. The summed E-state index contributed by atoms with van der Waals surface area (Å²) in [5, 5.41) is 0.651. The van der Waals surface area contributed by atoms with Gasteiger partial charge in [-0.1, -0.05) is 58.5 Å². The first kappa shape index (κ1) is 13.2. The van der Waals surface area contributed by atoms with E-state index in [0.717, 1.165) is 5.92 Å². The van der Waals surface area contributed by atoms with Crippen molar-refractivity contribution in [1.82, 2.24) is 0 Å². The lowest BCUT2D eigenvalue weighted by Gasteiger charge is -2.40. The van der Waals surface area contributed by atoms with E-state index in [-0.39, 0.29) is 0 Å². The van der Waals surface area contributed by atoms with Crippen LogP contribution in [0.3, 0.4) is 0 Å². The highest BCUT2D eigenvalue weighted by Gasteiger charge is 2.32. The Labute approximate surface area is 98.3 Å². The first-order valence-corrected chi connectivity index (χ1v) is 6.92. The smallest absolute Gasteiger partial charge is 0.0895 e. The molecule has 0 radical (unpaired) electrons. The van der Waals surface area contributed by atoms with Gasteiger partial charge in [0.2, 0.25) is 0 Å². The minimum Gasteiger partial charge on any atom is -0.0895 e. The third kappa shape index (κ3) is 3.29. The second-order valence-corrected chi connectivity index (χ2v) is 6.68. The van der Waals surface area contributed by atoms with Gasteiger partial charge in [0.1, 0.15) is 7.28 Å². The van der Waals surface area contributed by atoms with Gasteiger partial charge < -0.3 is 0 Å². The van der Waals surface area contributed by atoms with Crippen molar-refractivity contribution in [1.29, 1.82) is 0 Å². The molecule has 0 amide bonds. The molecule has 1 fully saturated rings. The van der Waals surface area contributed by atoms with E-state index in [1.165, 1.54) is 45.8 Å². The van der Waals surface area contributed by atoms with Crippen molar-refractivity contribution in [3.8, 4) is 0 Å². The second-order valence-electron chi connectivity index (χ2n) is 6.68. The molecule has 0 nitrogen and oxygen atoms in total. The molecule has 1 aliphatic rings. The van der Waals surface area contributed by atoms with E-state index >= 15 is 0 Å². The van der Waals surface area contributed by atoms with Crippen LogP contribution in [0.2, 0.25) is 12.0 Å². The Morgan fingerprint density at radius 1 is 1.07 bits per heavy atom. The molecule has 0 saturated heterocycles. The van der Waals surface area contributed by atoms with Crippen LogP contribution in [0.1, 0.15) is 59.3 Å². The second kappa shape index (κ2) is 4.97. The fourth-order valence-corrected chi connectivity index (χ4v) is 3.02. The first-order chi connectivity index (χ1) is 6.92. The van der Waals surface area contributed by atoms with E-state index in [4.69, 9.17) is 0 Å². The molecule has 0 aromatic carbocycles. The average Bonchev–Trinajstić information content (AvgIpc) is 2.15. The van der Waals surface area contributed by atoms with Gasteiger partial charge in [-0.2, -0.15) is 0 Å². The lowest BCUT2D eigenvalue weighted by atomic mass is 9.39. The Hall–Kier alpha value is 0.130. The highest BCUT2D eigenvalue weighted by molar-refractivity contribution is 6.52. The summed E-state index contributed by atoms with van der Waals surface area (Å²) >= 11 is 0. The third-order valence-corrected chi connectivity index (χ3v) is 5.30. The van der Waals surface area contributed by atoms with E-state index in [1.807, 2.05) is 0 Å². The topological polar surface area (TPSA) is 0 Å². The van der Waals surface area contributed by atoms with Crippen LogP contribution in [0.15, 0.2) is 0 Å². The first-order valence-electron chi connectivity index (χ1n) is 6.92. The van der Waals surface area contributed by atoms with Gasteiger partial charge in [-0.05, 0) is 24.2 Å². The molecule has 0 N–H and O–H groups in total. The van der Waals surface area contributed by atoms with Gasteiger partial charge in [-0.15, -0.1) is 0 Å². The SMILES string of the molecule is BC1(BC)CCCC(C)(C(C)C)CCC1. The van der Waals surface area contributed by atoms with Gasteiger partial charge in [0, 0.05) is 0 Å². The molecule has 0 atom stereocenters. The highest BCUT2D eigenvalue weighted by Crippen LogP contribution is 2.45. The van der Waals surface area contributed by atoms with E-state index in [1.54, 1.807) is 0 Å². The number of rotatable bonds is 2. The Balaban J connectivity index is 2.57. The molecule has 1 rings (SSSR count). The minimum absolute atomic E-state index is 0.620. The van der Waals surface area contributed by atoms with Gasteiger partial charge in [-0.25, -0.2) is 0 Å². The Bertz CT molecular complexity index is 189. The molecule has 0 heterocycles. The number of hydrogen-bond acceptors (Lipinski definition) is 0. The standard InChI is InChI=1S/C13H28B2/c1-11(2)12(3)7-5-9-13(14,15-4)10-6-8-12/h11,15H,5-10,14H2,1-4H3. The summed E-state index contributed by atoms with van der Waals surface area (Å²) in [7, 11) is 3.86. The lowest BCUT2D eigenvalue weighted by Crippen LogP contribution is -2.29. The molecule has 0 unspecified atom stereocenters. The number of hydrogen-bond donors (Lipinski definition) is 0. The lowest BCUT2D eigenvalue weighted by molar-refractivity contribution is 0.157. The minimum atomic E-state index is 0.620. The fourth-order valence-electron chi connectivity index (χ4n) is 3.02. The molecule has 86 valence electrons. The Kier molecular flexibility index (Phi) is 4.38. The van der Waals surface area contributed by atoms with Crippen molar-refractivity contribution in [2.75, 3.05) is 0 Å². The van der Waals surface area contributed by atoms with E-state index < -0.39 is 0 Å². The summed E-state index contributed by atoms with van der Waals surface area (Å²) < 4.78 is 0. The van der Waals surface area contributed by atoms with Crippen molar-refractivity contribution >= 4 is 15.1 Å². The van der Waals surface area contributed by atoms with Crippen LogP contribution in [0, 0.1) is 11.3 Å². The fraction of sp³-hybridized carbons (Fsp3) is 1.00. The quantitative estimate of drug-likeness (QED) is 0.608. The summed E-state index contributed by atoms with van der Waals surface area (Å²) in [5.74, 6) is 0.850. The van der Waals surface area contributed by atoms with Gasteiger partial charge >= 0.3 is 0 Å². The van der Waals surface area contributed by atoms with Gasteiger partial charge in [0.25, 0.3) is 0 Å². The van der Waals surface area contributed by atoms with Crippen LogP contribution in [-0.4, -0.2) is 15.1 Å². The van der Waals surface area contributed by atoms with Crippen molar-refractivity contribution in [2.45, 2.75) is 71.3 Å². The molecule has 0 spiro atoms. The summed E-state index contributed by atoms with van der Waals surface area (Å²) in [6.07, 6.45) is 8.68. The molecule has 15 heavy (non-hydrogen) atoms. The van der Waals surface area contributed by atoms with Gasteiger partial charge in [0.15, 0.2) is 0 Å². The van der Waals surface area contributed by atoms with Gasteiger partial charge in [-0.3, -0.25) is 0 Å². The van der Waals surface area contributed by atoms with Crippen LogP contribution in [0.4, 0.5) is 0 Å². The van der Waals surface area contributed by atoms with Gasteiger partial charge in [0.05, 0.1) is 7.85 Å². The summed E-state index contributed by atoms with van der Waals surface area (Å²) in [4.78, 5) is 0. The summed E-state index contributed by atoms with van der Waals surface area (Å²) in [5.41, 5.74) is 0.620. The summed E-state index contributed by atoms with van der Waals surface area (Å²) in [6, 6.07) is 0. The average molecular weight is 206 g/mol. The van der Waals surface area contributed by atoms with E-state index in [0.29, 0.717) is 10.6 Å². The van der Waals surface area contributed by atoms with Crippen LogP contribution in [-0.2, 0) is 0 Å². The highest BCUT2D eigenvalue weighted by atomic mass is 14.3. The van der Waals surface area contributed by atoms with Crippen molar-refractivity contribution in [2.24, 2.45) is 11.3 Å². The zero-order valence-corrected chi connectivity index (χ0v) is 11.5. The zero-order chi connectivity index (χ0) is 11.5. The normalized spacial score (nSPS) is 38.5. The molecule has 2 heteroatoms. The largest absolute Gasteiger partial charge is 0.115 e. The van der Waals surface area contributed by atoms with E-state index in [2.05, 4.69) is 35.4 Å². The van der Waals surface area contributed by atoms with Crippen LogP contribution >= 0.6 is 0 Å². The molecular formula is C13H28B2. The molecule has 1 saturated carbocycles. The monoisotopic (exact) mass is 206 g/mol. The van der Waals surface area contributed by atoms with E-state index in [9.17, 15) is 0 Å². The van der Waals surface area contributed by atoms with Crippen molar-refractivity contribution in [3.63, 3.8) is 0 Å². The van der Waals surface area contributed by atoms with Crippen molar-refractivity contribution in [3.05, 3.63) is 0 Å². The van der Waals surface area contributed by atoms with Crippen LogP contribution < -0.4 is 0 Å². The maximum atomic E-state index is 2.51. The van der Waals surface area contributed by atoms with Crippen LogP contribution in [0.25, 0.3) is 0 Å². The Morgan fingerprint density at radius 3 is 1.87 bits per heavy atom. The molecule has 1 aliphatic carbocycles. The third-order valence-electron chi connectivity index (χ3n) is 5.30. The predicted octanol–water partition coefficient (Wildman–Crippen LogP) is 3.24.